The summed E-state index contributed by atoms with van der Waals surface area (Å²) >= 11 is 0. The van der Waals surface area contributed by atoms with Crippen LogP contribution in [0.15, 0.2) is 42.5 Å². The summed E-state index contributed by atoms with van der Waals surface area (Å²) in [6.07, 6.45) is 0. The van der Waals surface area contributed by atoms with Crippen LogP contribution in [0.2, 0.25) is 0 Å². The molecule has 5 nitrogen and oxygen atoms in total. The molecule has 0 saturated carbocycles. The molecule has 1 heterocycles. The number of nitrogens with zero attached hydrogens (tertiary/aromatic N) is 3. The molecular weight excluding hydrogens is 262 g/mol. The zero-order chi connectivity index (χ0) is 15.0. The number of anilines is 3. The van der Waals surface area contributed by atoms with Crippen molar-refractivity contribution in [2.24, 2.45) is 0 Å². The van der Waals surface area contributed by atoms with Crippen LogP contribution in [0.4, 0.5) is 17.3 Å². The maximum absolute atomic E-state index is 5.83. The highest BCUT2D eigenvalue weighted by atomic mass is 15.1. The molecule has 3 aromatic rings. The van der Waals surface area contributed by atoms with E-state index in [-0.39, 0.29) is 11.6 Å². The molecule has 4 N–H and O–H groups in total. The van der Waals surface area contributed by atoms with Crippen molar-refractivity contribution in [2.45, 2.75) is 0 Å². The number of hydrogen-bond acceptors (Lipinski definition) is 5. The number of benzene rings is 2. The van der Waals surface area contributed by atoms with E-state index in [0.717, 1.165) is 27.8 Å². The summed E-state index contributed by atoms with van der Waals surface area (Å²) in [5.41, 5.74) is 16.3. The minimum Gasteiger partial charge on any atom is -0.381 e. The fourth-order valence-electron chi connectivity index (χ4n) is 2.44. The van der Waals surface area contributed by atoms with Crippen molar-refractivity contribution in [1.29, 1.82) is 0 Å². The fraction of sp³-hybridized carbons (Fsp3) is 0.125. The Morgan fingerprint density at radius 3 is 2.19 bits per heavy atom. The Balaban J connectivity index is 2.36. The van der Waals surface area contributed by atoms with Crippen LogP contribution in [0.25, 0.3) is 22.2 Å². The van der Waals surface area contributed by atoms with Crippen LogP contribution in [0.1, 0.15) is 0 Å². The van der Waals surface area contributed by atoms with Gasteiger partial charge >= 0.3 is 0 Å². The lowest BCUT2D eigenvalue weighted by Crippen LogP contribution is -2.12. The van der Waals surface area contributed by atoms with Gasteiger partial charge in [0.25, 0.3) is 0 Å². The summed E-state index contributed by atoms with van der Waals surface area (Å²) in [7, 11) is 3.96. The van der Waals surface area contributed by atoms with Crippen molar-refractivity contribution in [2.75, 3.05) is 30.5 Å². The first-order valence-electron chi connectivity index (χ1n) is 6.66. The van der Waals surface area contributed by atoms with Gasteiger partial charge in [0.05, 0.1) is 11.2 Å². The van der Waals surface area contributed by atoms with Crippen LogP contribution in [0, 0.1) is 0 Å². The van der Waals surface area contributed by atoms with E-state index in [9.17, 15) is 0 Å². The minimum atomic E-state index is 0.260. The van der Waals surface area contributed by atoms with Gasteiger partial charge in [0.15, 0.2) is 11.6 Å². The predicted molar refractivity (Wildman–Crippen MR) is 88.1 cm³/mol. The third kappa shape index (κ3) is 2.23. The molecule has 0 aliphatic carbocycles. The van der Waals surface area contributed by atoms with E-state index < -0.39 is 0 Å². The first kappa shape index (κ1) is 13.2. The van der Waals surface area contributed by atoms with Gasteiger partial charge in [0, 0.05) is 19.7 Å². The lowest BCUT2D eigenvalue weighted by atomic mass is 10.0. The van der Waals surface area contributed by atoms with Gasteiger partial charge in [-0.05, 0) is 17.7 Å². The van der Waals surface area contributed by atoms with Crippen molar-refractivity contribution < 1.29 is 0 Å². The number of fused-ring (bicyclic) bond motifs is 1. The van der Waals surface area contributed by atoms with Gasteiger partial charge in [0.1, 0.15) is 5.52 Å². The molecule has 0 amide bonds. The molecule has 0 aliphatic heterocycles. The molecule has 0 saturated heterocycles. The number of nitrogens with two attached hydrogens (primary N) is 2. The Bertz CT molecular complexity index is 797. The van der Waals surface area contributed by atoms with Gasteiger partial charge in [-0.15, -0.1) is 0 Å². The summed E-state index contributed by atoms with van der Waals surface area (Å²) in [6.45, 7) is 0. The number of aromatic nitrogens is 2. The van der Waals surface area contributed by atoms with E-state index >= 15 is 0 Å². The maximum atomic E-state index is 5.83. The van der Waals surface area contributed by atoms with Gasteiger partial charge < -0.3 is 16.4 Å². The van der Waals surface area contributed by atoms with Crippen molar-refractivity contribution in [3.63, 3.8) is 0 Å². The molecular formula is C16H17N5. The Labute approximate surface area is 123 Å². The summed E-state index contributed by atoms with van der Waals surface area (Å²) in [4.78, 5) is 10.8. The predicted octanol–water partition coefficient (Wildman–Crippen LogP) is 2.53. The topological polar surface area (TPSA) is 81.1 Å². The summed E-state index contributed by atoms with van der Waals surface area (Å²) in [5, 5.41) is 0. The molecule has 1 aromatic heterocycles. The molecule has 21 heavy (non-hydrogen) atoms. The average Bonchev–Trinajstić information content (AvgIpc) is 2.48. The molecule has 0 spiro atoms. The highest BCUT2D eigenvalue weighted by Gasteiger charge is 2.14. The normalized spacial score (nSPS) is 10.8. The van der Waals surface area contributed by atoms with E-state index in [1.54, 1.807) is 0 Å². The Morgan fingerprint density at radius 2 is 1.52 bits per heavy atom. The van der Waals surface area contributed by atoms with Gasteiger partial charge in [-0.25, -0.2) is 9.97 Å². The summed E-state index contributed by atoms with van der Waals surface area (Å²) < 4.78 is 0. The van der Waals surface area contributed by atoms with Crippen LogP contribution in [0.3, 0.4) is 0 Å². The highest BCUT2D eigenvalue weighted by molar-refractivity contribution is 5.99. The molecule has 0 fully saturated rings. The molecule has 2 aromatic carbocycles. The van der Waals surface area contributed by atoms with E-state index in [0.29, 0.717) is 0 Å². The standard InChI is InChI=1S/C16H17N5/c1-21(2)14-11(10-6-4-3-5-7-10)8-9-12-13(14)20-16(18)15(17)19-12/h3-9H,1-2H3,(H2,17,19)(H2,18,20). The minimum absolute atomic E-state index is 0.260. The van der Waals surface area contributed by atoms with Crippen molar-refractivity contribution in [1.82, 2.24) is 9.97 Å². The Kier molecular flexibility index (Phi) is 3.10. The van der Waals surface area contributed by atoms with E-state index in [4.69, 9.17) is 11.5 Å². The first-order valence-corrected chi connectivity index (χ1v) is 6.66. The smallest absolute Gasteiger partial charge is 0.167 e. The SMILES string of the molecule is CN(C)c1c(-c2ccccc2)ccc2nc(N)c(N)nc12. The van der Waals surface area contributed by atoms with Crippen LogP contribution in [-0.2, 0) is 0 Å². The van der Waals surface area contributed by atoms with E-state index in [1.807, 2.05) is 49.3 Å². The van der Waals surface area contributed by atoms with Gasteiger partial charge in [-0.1, -0.05) is 30.3 Å². The molecule has 0 aliphatic rings. The Morgan fingerprint density at radius 1 is 0.857 bits per heavy atom. The summed E-state index contributed by atoms with van der Waals surface area (Å²) in [6, 6.07) is 14.1. The number of nitrogen functional groups attached to an aromatic ring is 2. The monoisotopic (exact) mass is 279 g/mol. The third-order valence-electron chi connectivity index (χ3n) is 3.40. The largest absolute Gasteiger partial charge is 0.381 e. The average molecular weight is 279 g/mol. The molecule has 0 unspecified atom stereocenters. The van der Waals surface area contributed by atoms with E-state index in [2.05, 4.69) is 22.1 Å². The first-order chi connectivity index (χ1) is 10.1. The molecule has 3 rings (SSSR count). The molecule has 5 heteroatoms. The zero-order valence-electron chi connectivity index (χ0n) is 12.0. The lowest BCUT2D eigenvalue weighted by molar-refractivity contribution is 1.13. The van der Waals surface area contributed by atoms with E-state index in [1.165, 1.54) is 0 Å². The van der Waals surface area contributed by atoms with Gasteiger partial charge in [-0.3, -0.25) is 0 Å². The number of hydrogen-bond donors (Lipinski definition) is 2. The number of rotatable bonds is 2. The second kappa shape index (κ2) is 4.94. The molecule has 0 atom stereocenters. The highest BCUT2D eigenvalue weighted by Crippen LogP contribution is 2.35. The zero-order valence-corrected chi connectivity index (χ0v) is 12.0. The Hall–Kier alpha value is -2.82. The van der Waals surface area contributed by atoms with Crippen molar-refractivity contribution >= 4 is 28.4 Å². The van der Waals surface area contributed by atoms with Crippen LogP contribution in [0.5, 0.6) is 0 Å². The fourth-order valence-corrected chi connectivity index (χ4v) is 2.44. The van der Waals surface area contributed by atoms with Crippen LogP contribution >= 0.6 is 0 Å². The molecule has 0 bridgehead atoms. The third-order valence-corrected chi connectivity index (χ3v) is 3.40. The second-order valence-electron chi connectivity index (χ2n) is 5.08. The van der Waals surface area contributed by atoms with Crippen LogP contribution in [-0.4, -0.2) is 24.1 Å². The quantitative estimate of drug-likeness (QED) is 0.753. The molecule has 0 radical (unpaired) electrons. The molecule has 106 valence electrons. The maximum Gasteiger partial charge on any atom is 0.167 e. The van der Waals surface area contributed by atoms with Crippen molar-refractivity contribution in [3.8, 4) is 11.1 Å². The van der Waals surface area contributed by atoms with Crippen LogP contribution < -0.4 is 16.4 Å². The van der Waals surface area contributed by atoms with Gasteiger partial charge in [-0.2, -0.15) is 0 Å². The second-order valence-corrected chi connectivity index (χ2v) is 5.08. The van der Waals surface area contributed by atoms with Crippen molar-refractivity contribution in [3.05, 3.63) is 42.5 Å². The van der Waals surface area contributed by atoms with Gasteiger partial charge in [0.2, 0.25) is 0 Å². The lowest BCUT2D eigenvalue weighted by Gasteiger charge is -2.20. The summed E-state index contributed by atoms with van der Waals surface area (Å²) in [5.74, 6) is 0.524.